The molecule has 0 bridgehead atoms. The second-order valence-corrected chi connectivity index (χ2v) is 2.31. The average Bonchev–Trinajstić information content (AvgIpc) is 2.10. The van der Waals surface area contributed by atoms with Crippen LogP contribution in [-0.2, 0) is 9.59 Å². The van der Waals surface area contributed by atoms with Crippen LogP contribution >= 0.6 is 12.6 Å². The fourth-order valence-electron chi connectivity index (χ4n) is 0.755. The summed E-state index contributed by atoms with van der Waals surface area (Å²) in [6.07, 6.45) is 0.0330. The van der Waals surface area contributed by atoms with E-state index in [2.05, 4.69) is 17.9 Å². The number of thiol groups is 1. The highest BCUT2D eigenvalue weighted by molar-refractivity contribution is 7.80. The van der Waals surface area contributed by atoms with E-state index in [1.54, 1.807) is 0 Å². The van der Waals surface area contributed by atoms with Crippen LogP contribution < -0.4 is 5.32 Å². The first-order valence-electron chi connectivity index (χ1n) is 2.67. The summed E-state index contributed by atoms with van der Waals surface area (Å²) >= 11 is 3.88. The first-order chi connectivity index (χ1) is 4.24. The minimum absolute atomic E-state index is 0.0330. The molecule has 1 saturated heterocycles. The van der Waals surface area contributed by atoms with Crippen molar-refractivity contribution in [2.45, 2.75) is 12.5 Å². The number of rotatable bonds is 1. The lowest BCUT2D eigenvalue weighted by Crippen LogP contribution is -2.30. The fraction of sp³-hybridized carbons (Fsp3) is 0.600. The summed E-state index contributed by atoms with van der Waals surface area (Å²) in [7, 11) is 0. The van der Waals surface area contributed by atoms with Crippen molar-refractivity contribution in [1.29, 1.82) is 0 Å². The van der Waals surface area contributed by atoms with E-state index in [0.717, 1.165) is 0 Å². The van der Waals surface area contributed by atoms with Gasteiger partial charge in [0.2, 0.25) is 5.91 Å². The Morgan fingerprint density at radius 1 is 1.67 bits per heavy atom. The number of ketones is 1. The number of hydrogen-bond acceptors (Lipinski definition) is 3. The topological polar surface area (TPSA) is 46.2 Å². The van der Waals surface area contributed by atoms with Crippen LogP contribution in [0.25, 0.3) is 0 Å². The molecular formula is C5H7NO2S. The minimum atomic E-state index is -0.333. The highest BCUT2D eigenvalue weighted by atomic mass is 32.1. The Bertz CT molecular complexity index is 157. The van der Waals surface area contributed by atoms with E-state index < -0.39 is 0 Å². The molecule has 0 radical (unpaired) electrons. The summed E-state index contributed by atoms with van der Waals surface area (Å²) in [4.78, 5) is 21.1. The van der Waals surface area contributed by atoms with Crippen molar-refractivity contribution in [2.24, 2.45) is 0 Å². The number of hydrogen-bond donors (Lipinski definition) is 2. The van der Waals surface area contributed by atoms with Crippen LogP contribution in [0, 0.1) is 0 Å². The Balaban J connectivity index is 2.58. The standard InChI is InChI=1S/C5H7NO2S/c7-4-1-5(8)6-3(4)2-9/h3,9H,1-2H2,(H,6,8). The van der Waals surface area contributed by atoms with Gasteiger partial charge in [-0.1, -0.05) is 0 Å². The molecule has 1 aliphatic heterocycles. The van der Waals surface area contributed by atoms with Crippen LogP contribution in [0.1, 0.15) is 6.42 Å². The SMILES string of the molecule is O=C1CC(=O)C(CS)N1. The van der Waals surface area contributed by atoms with Crippen LogP contribution in [0.3, 0.4) is 0 Å². The van der Waals surface area contributed by atoms with Crippen molar-refractivity contribution in [3.05, 3.63) is 0 Å². The molecule has 1 rings (SSSR count). The van der Waals surface area contributed by atoms with Gasteiger partial charge >= 0.3 is 0 Å². The maximum absolute atomic E-state index is 10.7. The molecule has 1 unspecified atom stereocenters. The summed E-state index contributed by atoms with van der Waals surface area (Å²) in [6.45, 7) is 0. The van der Waals surface area contributed by atoms with Crippen LogP contribution in [0.4, 0.5) is 0 Å². The molecule has 1 amide bonds. The number of nitrogens with one attached hydrogen (secondary N) is 1. The molecule has 1 heterocycles. The van der Waals surface area contributed by atoms with Gasteiger partial charge in [-0.25, -0.2) is 0 Å². The predicted octanol–water partition coefficient (Wildman–Crippen LogP) is -0.626. The van der Waals surface area contributed by atoms with E-state index in [9.17, 15) is 9.59 Å². The van der Waals surface area contributed by atoms with Gasteiger partial charge in [-0.15, -0.1) is 0 Å². The Labute approximate surface area is 58.2 Å². The first kappa shape index (κ1) is 6.61. The third kappa shape index (κ3) is 1.24. The monoisotopic (exact) mass is 145 g/mol. The van der Waals surface area contributed by atoms with Crippen molar-refractivity contribution in [3.8, 4) is 0 Å². The fourth-order valence-corrected chi connectivity index (χ4v) is 1.05. The molecule has 0 aromatic heterocycles. The van der Waals surface area contributed by atoms with E-state index in [-0.39, 0.29) is 24.2 Å². The molecule has 0 aromatic carbocycles. The van der Waals surface area contributed by atoms with E-state index in [1.165, 1.54) is 0 Å². The zero-order chi connectivity index (χ0) is 6.85. The summed E-state index contributed by atoms with van der Waals surface area (Å²) < 4.78 is 0. The lowest BCUT2D eigenvalue weighted by molar-refractivity contribution is -0.122. The lowest BCUT2D eigenvalue weighted by Gasteiger charge is -2.00. The third-order valence-electron chi connectivity index (χ3n) is 1.24. The third-order valence-corrected chi connectivity index (χ3v) is 1.61. The van der Waals surface area contributed by atoms with Crippen LogP contribution in [0.15, 0.2) is 0 Å². The molecular weight excluding hydrogens is 138 g/mol. The molecule has 4 heteroatoms. The van der Waals surface area contributed by atoms with Crippen LogP contribution in [-0.4, -0.2) is 23.5 Å². The summed E-state index contributed by atoms with van der Waals surface area (Å²) in [5, 5.41) is 2.49. The normalized spacial score (nSPS) is 26.6. The maximum Gasteiger partial charge on any atom is 0.228 e. The van der Waals surface area contributed by atoms with Gasteiger partial charge in [-0.2, -0.15) is 12.6 Å². The first-order valence-corrected chi connectivity index (χ1v) is 3.30. The van der Waals surface area contributed by atoms with Gasteiger partial charge in [0, 0.05) is 5.75 Å². The Hall–Kier alpha value is -0.510. The molecule has 0 spiro atoms. The summed E-state index contributed by atoms with van der Waals surface area (Å²) in [5.41, 5.74) is 0. The zero-order valence-corrected chi connectivity index (χ0v) is 5.65. The molecule has 0 aliphatic carbocycles. The van der Waals surface area contributed by atoms with Crippen LogP contribution in [0.2, 0.25) is 0 Å². The van der Waals surface area contributed by atoms with Gasteiger partial charge < -0.3 is 5.32 Å². The molecule has 1 atom stereocenters. The molecule has 50 valence electrons. The zero-order valence-electron chi connectivity index (χ0n) is 4.76. The molecule has 0 saturated carbocycles. The molecule has 1 fully saturated rings. The van der Waals surface area contributed by atoms with Crippen molar-refractivity contribution >= 4 is 24.3 Å². The molecule has 9 heavy (non-hydrogen) atoms. The predicted molar refractivity (Wildman–Crippen MR) is 35.4 cm³/mol. The Morgan fingerprint density at radius 2 is 2.33 bits per heavy atom. The Kier molecular flexibility index (Phi) is 1.75. The second-order valence-electron chi connectivity index (χ2n) is 1.95. The maximum atomic E-state index is 10.7. The van der Waals surface area contributed by atoms with E-state index >= 15 is 0 Å². The van der Waals surface area contributed by atoms with Gasteiger partial charge in [0.1, 0.15) is 0 Å². The lowest BCUT2D eigenvalue weighted by atomic mass is 10.2. The number of Topliss-reactive ketones (excluding diaryl/α,β-unsaturated/α-hetero) is 1. The molecule has 3 nitrogen and oxygen atoms in total. The van der Waals surface area contributed by atoms with Gasteiger partial charge in [-0.3, -0.25) is 9.59 Å². The number of carbonyl (C=O) groups excluding carboxylic acids is 2. The quantitative estimate of drug-likeness (QED) is 0.381. The van der Waals surface area contributed by atoms with Gasteiger partial charge in [0.15, 0.2) is 5.78 Å². The molecule has 0 aromatic rings. The van der Waals surface area contributed by atoms with Crippen molar-refractivity contribution < 1.29 is 9.59 Å². The number of amides is 1. The summed E-state index contributed by atoms with van der Waals surface area (Å²) in [6, 6.07) is -0.333. The smallest absolute Gasteiger partial charge is 0.228 e. The average molecular weight is 145 g/mol. The van der Waals surface area contributed by atoms with Gasteiger partial charge in [-0.05, 0) is 0 Å². The van der Waals surface area contributed by atoms with Crippen molar-refractivity contribution in [3.63, 3.8) is 0 Å². The van der Waals surface area contributed by atoms with Gasteiger partial charge in [0.05, 0.1) is 12.5 Å². The van der Waals surface area contributed by atoms with Crippen molar-refractivity contribution in [1.82, 2.24) is 5.32 Å². The van der Waals surface area contributed by atoms with Crippen LogP contribution in [0.5, 0.6) is 0 Å². The molecule has 1 aliphatic rings. The highest BCUT2D eigenvalue weighted by Gasteiger charge is 2.28. The molecule has 1 N–H and O–H groups in total. The van der Waals surface area contributed by atoms with E-state index in [4.69, 9.17) is 0 Å². The minimum Gasteiger partial charge on any atom is -0.345 e. The van der Waals surface area contributed by atoms with E-state index in [1.807, 2.05) is 0 Å². The largest absolute Gasteiger partial charge is 0.345 e. The number of carbonyl (C=O) groups is 2. The van der Waals surface area contributed by atoms with Gasteiger partial charge in [0.25, 0.3) is 0 Å². The summed E-state index contributed by atoms with van der Waals surface area (Å²) in [5.74, 6) is 0.180. The Morgan fingerprint density at radius 3 is 2.56 bits per heavy atom. The second kappa shape index (κ2) is 2.39. The van der Waals surface area contributed by atoms with E-state index in [0.29, 0.717) is 5.75 Å². The van der Waals surface area contributed by atoms with Crippen molar-refractivity contribution in [2.75, 3.05) is 5.75 Å². The highest BCUT2D eigenvalue weighted by Crippen LogP contribution is 2.02.